The van der Waals surface area contributed by atoms with Gasteiger partial charge in [-0.15, -0.1) is 0 Å². The van der Waals surface area contributed by atoms with Crippen LogP contribution in [0.1, 0.15) is 29.7 Å². The Bertz CT molecular complexity index is 628. The van der Waals surface area contributed by atoms with Crippen LogP contribution in [0.15, 0.2) is 36.4 Å². The van der Waals surface area contributed by atoms with E-state index in [0.717, 1.165) is 11.1 Å². The Morgan fingerprint density at radius 2 is 1.71 bits per heavy atom. The van der Waals surface area contributed by atoms with Crippen molar-refractivity contribution in [3.8, 4) is 5.75 Å². The lowest BCUT2D eigenvalue weighted by Crippen LogP contribution is -2.22. The Morgan fingerprint density at radius 1 is 1.05 bits per heavy atom. The number of hydrogen-bond acceptors (Lipinski definition) is 2. The fraction of sp³-hybridized carbons (Fsp3) is 0.294. The van der Waals surface area contributed by atoms with E-state index in [0.29, 0.717) is 12.1 Å². The molecule has 0 saturated heterocycles. The predicted molar refractivity (Wildman–Crippen MR) is 79.6 cm³/mol. The molecule has 0 amide bonds. The van der Waals surface area contributed by atoms with Crippen molar-refractivity contribution >= 4 is 0 Å². The third kappa shape index (κ3) is 3.39. The molecule has 1 atom stereocenters. The minimum absolute atomic E-state index is 0.183. The normalized spacial score (nSPS) is 12.2. The van der Waals surface area contributed by atoms with Crippen LogP contribution in [-0.4, -0.2) is 13.7 Å². The number of aryl methyl sites for hydroxylation is 1. The van der Waals surface area contributed by atoms with E-state index in [9.17, 15) is 8.78 Å². The summed E-state index contributed by atoms with van der Waals surface area (Å²) in [5.41, 5.74) is 2.23. The van der Waals surface area contributed by atoms with Crippen molar-refractivity contribution in [2.75, 3.05) is 13.7 Å². The number of hydrogen-bond donors (Lipinski definition) is 1. The summed E-state index contributed by atoms with van der Waals surface area (Å²) in [5, 5.41) is 3.29. The average Bonchev–Trinajstić information content (AvgIpc) is 2.48. The maximum Gasteiger partial charge on any atom is 0.165 e. The number of rotatable bonds is 5. The summed E-state index contributed by atoms with van der Waals surface area (Å²) in [7, 11) is 1.43. The molecular formula is C17H19F2NO. The van der Waals surface area contributed by atoms with Gasteiger partial charge in [-0.2, -0.15) is 0 Å². The van der Waals surface area contributed by atoms with Gasteiger partial charge in [-0.3, -0.25) is 0 Å². The van der Waals surface area contributed by atoms with Crippen molar-refractivity contribution in [3.05, 3.63) is 64.7 Å². The summed E-state index contributed by atoms with van der Waals surface area (Å²) in [6.45, 7) is 4.40. The van der Waals surface area contributed by atoms with Crippen LogP contribution in [0.3, 0.4) is 0 Å². The van der Waals surface area contributed by atoms with Gasteiger partial charge in [0.1, 0.15) is 5.82 Å². The molecule has 0 aliphatic heterocycles. The fourth-order valence-electron chi connectivity index (χ4n) is 2.28. The third-order valence-corrected chi connectivity index (χ3v) is 3.45. The molecule has 0 radical (unpaired) electrons. The minimum atomic E-state index is -0.411. The van der Waals surface area contributed by atoms with Crippen molar-refractivity contribution in [3.63, 3.8) is 0 Å². The molecule has 4 heteroatoms. The first kappa shape index (κ1) is 15.4. The van der Waals surface area contributed by atoms with Crippen LogP contribution in [0.5, 0.6) is 5.75 Å². The Morgan fingerprint density at radius 3 is 2.33 bits per heavy atom. The first-order chi connectivity index (χ1) is 10.1. The topological polar surface area (TPSA) is 21.3 Å². The van der Waals surface area contributed by atoms with E-state index in [1.165, 1.54) is 19.2 Å². The number of ether oxygens (including phenoxy) is 1. The summed E-state index contributed by atoms with van der Waals surface area (Å²) in [6, 6.07) is 9.61. The molecule has 0 bridgehead atoms. The van der Waals surface area contributed by atoms with Gasteiger partial charge in [0, 0.05) is 0 Å². The first-order valence-electron chi connectivity index (χ1n) is 6.89. The largest absolute Gasteiger partial charge is 0.494 e. The highest BCUT2D eigenvalue weighted by Crippen LogP contribution is 2.28. The number of nitrogens with one attached hydrogen (secondary N) is 1. The van der Waals surface area contributed by atoms with Crippen molar-refractivity contribution in [2.24, 2.45) is 0 Å². The third-order valence-electron chi connectivity index (χ3n) is 3.45. The molecule has 0 heterocycles. The second kappa shape index (κ2) is 6.68. The SMILES string of the molecule is CCNC(c1ccc(C)c(F)c1)c1ccc(F)c(OC)c1. The van der Waals surface area contributed by atoms with Crippen LogP contribution in [-0.2, 0) is 0 Å². The molecule has 2 nitrogen and oxygen atoms in total. The molecule has 2 aromatic rings. The monoisotopic (exact) mass is 291 g/mol. The summed E-state index contributed by atoms with van der Waals surface area (Å²) < 4.78 is 32.3. The van der Waals surface area contributed by atoms with E-state index in [1.807, 2.05) is 13.0 Å². The quantitative estimate of drug-likeness (QED) is 0.899. The van der Waals surface area contributed by atoms with Gasteiger partial charge in [-0.1, -0.05) is 25.1 Å². The summed E-state index contributed by atoms with van der Waals surface area (Å²) in [6.07, 6.45) is 0. The van der Waals surface area contributed by atoms with Crippen LogP contribution < -0.4 is 10.1 Å². The average molecular weight is 291 g/mol. The molecule has 1 unspecified atom stereocenters. The van der Waals surface area contributed by atoms with Gasteiger partial charge < -0.3 is 10.1 Å². The summed E-state index contributed by atoms with van der Waals surface area (Å²) >= 11 is 0. The van der Waals surface area contributed by atoms with Crippen molar-refractivity contribution in [1.82, 2.24) is 5.32 Å². The Hall–Kier alpha value is -1.94. The summed E-state index contributed by atoms with van der Waals surface area (Å²) in [4.78, 5) is 0. The minimum Gasteiger partial charge on any atom is -0.494 e. The van der Waals surface area contributed by atoms with Crippen LogP contribution in [0.4, 0.5) is 8.78 Å². The van der Waals surface area contributed by atoms with Gasteiger partial charge in [0.15, 0.2) is 11.6 Å². The maximum absolute atomic E-state index is 13.8. The zero-order valence-electron chi connectivity index (χ0n) is 12.4. The fourth-order valence-corrected chi connectivity index (χ4v) is 2.28. The van der Waals surface area contributed by atoms with E-state index in [1.54, 1.807) is 25.1 Å². The molecule has 112 valence electrons. The van der Waals surface area contributed by atoms with Gasteiger partial charge in [0.05, 0.1) is 13.2 Å². The highest BCUT2D eigenvalue weighted by Gasteiger charge is 2.16. The molecule has 1 N–H and O–H groups in total. The van der Waals surface area contributed by atoms with E-state index in [-0.39, 0.29) is 17.6 Å². The van der Waals surface area contributed by atoms with Crippen LogP contribution in [0.2, 0.25) is 0 Å². The number of methoxy groups -OCH3 is 1. The lowest BCUT2D eigenvalue weighted by Gasteiger charge is -2.20. The molecule has 0 saturated carbocycles. The molecule has 2 rings (SSSR count). The second-order valence-electron chi connectivity index (χ2n) is 4.89. The zero-order chi connectivity index (χ0) is 15.4. The predicted octanol–water partition coefficient (Wildman–Crippen LogP) is 3.98. The van der Waals surface area contributed by atoms with Gasteiger partial charge >= 0.3 is 0 Å². The smallest absolute Gasteiger partial charge is 0.165 e. The maximum atomic E-state index is 13.8. The van der Waals surface area contributed by atoms with Crippen LogP contribution >= 0.6 is 0 Å². The zero-order valence-corrected chi connectivity index (χ0v) is 12.4. The van der Waals surface area contributed by atoms with Gasteiger partial charge in [0.2, 0.25) is 0 Å². The molecule has 0 aliphatic carbocycles. The van der Waals surface area contributed by atoms with Crippen molar-refractivity contribution < 1.29 is 13.5 Å². The van der Waals surface area contributed by atoms with E-state index in [2.05, 4.69) is 5.32 Å². The standard InChI is InChI=1S/C17H19F2NO/c1-4-20-17(12-6-5-11(2)15(19)9-12)13-7-8-14(18)16(10-13)21-3/h5-10,17,20H,4H2,1-3H3. The van der Waals surface area contributed by atoms with Gasteiger partial charge in [-0.05, 0) is 48.4 Å². The van der Waals surface area contributed by atoms with E-state index >= 15 is 0 Å². The first-order valence-corrected chi connectivity index (χ1v) is 6.89. The highest BCUT2D eigenvalue weighted by molar-refractivity contribution is 5.38. The lowest BCUT2D eigenvalue weighted by atomic mass is 9.97. The highest BCUT2D eigenvalue weighted by atomic mass is 19.1. The molecular weight excluding hydrogens is 272 g/mol. The summed E-state index contributed by atoms with van der Waals surface area (Å²) in [5.74, 6) is -0.473. The Balaban J connectivity index is 2.44. The lowest BCUT2D eigenvalue weighted by molar-refractivity contribution is 0.385. The number of halogens is 2. The van der Waals surface area contributed by atoms with E-state index < -0.39 is 5.82 Å². The van der Waals surface area contributed by atoms with Crippen LogP contribution in [0.25, 0.3) is 0 Å². The van der Waals surface area contributed by atoms with Crippen LogP contribution in [0, 0.1) is 18.6 Å². The molecule has 0 spiro atoms. The molecule has 0 aromatic heterocycles. The molecule has 0 aliphatic rings. The van der Waals surface area contributed by atoms with Gasteiger partial charge in [0.25, 0.3) is 0 Å². The van der Waals surface area contributed by atoms with Crippen molar-refractivity contribution in [2.45, 2.75) is 19.9 Å². The molecule has 0 fully saturated rings. The van der Waals surface area contributed by atoms with E-state index in [4.69, 9.17) is 4.74 Å². The van der Waals surface area contributed by atoms with Gasteiger partial charge in [-0.25, -0.2) is 8.78 Å². The Labute approximate surface area is 123 Å². The molecule has 2 aromatic carbocycles. The second-order valence-corrected chi connectivity index (χ2v) is 4.89. The van der Waals surface area contributed by atoms with Crippen molar-refractivity contribution in [1.29, 1.82) is 0 Å². The molecule has 21 heavy (non-hydrogen) atoms. The Kier molecular flexibility index (Phi) is 4.91. The number of benzene rings is 2.